The van der Waals surface area contributed by atoms with Gasteiger partial charge in [-0.1, -0.05) is 11.2 Å². The number of phenolic OH excluding ortho intramolecular Hbond substituents is 1. The SMILES string of the molecule is C[C@@]1(c2ccc(I)c(Cn3c(=O)n(-c4noc5cc(O)ccc45)c4cc(OC(F)(F)F)ccc43)c2)OC(=O)NC1=O. The van der Waals surface area contributed by atoms with Gasteiger partial charge in [0.15, 0.2) is 11.4 Å². The van der Waals surface area contributed by atoms with Gasteiger partial charge in [-0.2, -0.15) is 0 Å². The Hall–Kier alpha value is -4.54. The first-order valence-corrected chi connectivity index (χ1v) is 12.8. The molecule has 41 heavy (non-hydrogen) atoms. The van der Waals surface area contributed by atoms with Crippen molar-refractivity contribution in [2.24, 2.45) is 0 Å². The van der Waals surface area contributed by atoms with Crippen molar-refractivity contribution >= 4 is 56.6 Å². The number of nitrogens with zero attached hydrogens (tertiary/aromatic N) is 3. The van der Waals surface area contributed by atoms with E-state index >= 15 is 0 Å². The van der Waals surface area contributed by atoms with Crippen LogP contribution in [0.3, 0.4) is 0 Å². The second-order valence-corrected chi connectivity index (χ2v) is 10.4. The van der Waals surface area contributed by atoms with Crippen LogP contribution in [-0.2, 0) is 21.7 Å². The van der Waals surface area contributed by atoms with Crippen LogP contribution >= 0.6 is 22.6 Å². The summed E-state index contributed by atoms with van der Waals surface area (Å²) in [5.74, 6) is -1.33. The number of fused-ring (bicyclic) bond motifs is 2. The van der Waals surface area contributed by atoms with Crippen LogP contribution in [-0.4, -0.2) is 37.8 Å². The summed E-state index contributed by atoms with van der Waals surface area (Å²) in [4.78, 5) is 38.1. The minimum atomic E-state index is -4.97. The van der Waals surface area contributed by atoms with E-state index in [-0.39, 0.29) is 34.7 Å². The third-order valence-electron chi connectivity index (χ3n) is 6.65. The number of cyclic esters (lactones) is 1. The van der Waals surface area contributed by atoms with Crippen molar-refractivity contribution in [2.45, 2.75) is 25.4 Å². The Labute approximate surface area is 240 Å². The Morgan fingerprint density at radius 1 is 1.07 bits per heavy atom. The lowest BCUT2D eigenvalue weighted by Crippen LogP contribution is -2.33. The summed E-state index contributed by atoms with van der Waals surface area (Å²) in [5.41, 5.74) is -0.896. The van der Waals surface area contributed by atoms with Crippen molar-refractivity contribution in [3.05, 3.63) is 79.8 Å². The first-order valence-electron chi connectivity index (χ1n) is 11.8. The number of nitrogens with one attached hydrogen (secondary N) is 1. The van der Waals surface area contributed by atoms with E-state index in [1.165, 1.54) is 35.8 Å². The number of hydrogen-bond donors (Lipinski definition) is 2. The normalized spacial score (nSPS) is 17.3. The quantitative estimate of drug-likeness (QED) is 0.256. The minimum absolute atomic E-state index is 0.0107. The molecule has 0 spiro atoms. The summed E-state index contributed by atoms with van der Waals surface area (Å²) in [6, 6.07) is 12.5. The summed E-state index contributed by atoms with van der Waals surface area (Å²) in [7, 11) is 0. The van der Waals surface area contributed by atoms with Crippen molar-refractivity contribution in [3.63, 3.8) is 0 Å². The molecule has 1 aliphatic rings. The molecule has 2 aromatic heterocycles. The van der Waals surface area contributed by atoms with Gasteiger partial charge in [-0.25, -0.2) is 14.2 Å². The Morgan fingerprint density at radius 2 is 1.85 bits per heavy atom. The number of hydrogen-bond acceptors (Lipinski definition) is 8. The molecule has 1 fully saturated rings. The summed E-state index contributed by atoms with van der Waals surface area (Å²) in [6.07, 6.45) is -5.86. The Balaban J connectivity index is 1.53. The van der Waals surface area contributed by atoms with Gasteiger partial charge >= 0.3 is 18.1 Å². The van der Waals surface area contributed by atoms with E-state index in [9.17, 15) is 32.7 Å². The Kier molecular flexibility index (Phi) is 6.02. The fourth-order valence-corrected chi connectivity index (χ4v) is 5.19. The van der Waals surface area contributed by atoms with E-state index in [2.05, 4.69) is 15.2 Å². The number of benzene rings is 3. The number of carbonyl (C=O) groups is 2. The number of phenols is 1. The lowest BCUT2D eigenvalue weighted by Gasteiger charge is -2.21. The molecule has 6 rings (SSSR count). The zero-order valence-electron chi connectivity index (χ0n) is 20.7. The van der Waals surface area contributed by atoms with Gasteiger partial charge in [0, 0.05) is 21.3 Å². The monoisotopic (exact) mass is 680 g/mol. The minimum Gasteiger partial charge on any atom is -0.508 e. The van der Waals surface area contributed by atoms with Gasteiger partial charge < -0.3 is 19.1 Å². The number of ether oxygens (including phenoxy) is 2. The highest BCUT2D eigenvalue weighted by molar-refractivity contribution is 14.1. The number of rotatable bonds is 5. The van der Waals surface area contributed by atoms with Gasteiger partial charge in [0.05, 0.1) is 23.0 Å². The zero-order chi connectivity index (χ0) is 29.3. The van der Waals surface area contributed by atoms with Crippen LogP contribution in [0.15, 0.2) is 63.9 Å². The highest BCUT2D eigenvalue weighted by Gasteiger charge is 2.46. The van der Waals surface area contributed by atoms with Crippen molar-refractivity contribution in [1.29, 1.82) is 0 Å². The van der Waals surface area contributed by atoms with Crippen molar-refractivity contribution in [3.8, 4) is 17.3 Å². The fourth-order valence-electron chi connectivity index (χ4n) is 4.69. The van der Waals surface area contributed by atoms with Crippen molar-refractivity contribution < 1.29 is 41.9 Å². The van der Waals surface area contributed by atoms with Gasteiger partial charge in [0.1, 0.15) is 11.5 Å². The van der Waals surface area contributed by atoms with E-state index < -0.39 is 35.4 Å². The van der Waals surface area contributed by atoms with Crippen LogP contribution in [0.5, 0.6) is 11.5 Å². The topological polar surface area (TPSA) is 138 Å². The molecule has 5 aromatic rings. The van der Waals surface area contributed by atoms with Gasteiger partial charge in [-0.15, -0.1) is 13.2 Å². The molecule has 1 saturated heterocycles. The van der Waals surface area contributed by atoms with Gasteiger partial charge in [0.25, 0.3) is 5.91 Å². The highest BCUT2D eigenvalue weighted by Crippen LogP contribution is 2.33. The number of imidazole rings is 1. The van der Waals surface area contributed by atoms with Crippen molar-refractivity contribution in [2.75, 3.05) is 0 Å². The second-order valence-electron chi connectivity index (χ2n) is 9.27. The van der Waals surface area contributed by atoms with Gasteiger partial charge in [-0.05, 0) is 71.5 Å². The molecular weight excluding hydrogens is 664 g/mol. The summed E-state index contributed by atoms with van der Waals surface area (Å²) < 4.78 is 56.8. The number of amides is 2. The van der Waals surface area contributed by atoms with Crippen LogP contribution in [0, 0.1) is 3.57 Å². The molecule has 1 aliphatic heterocycles. The number of alkyl halides is 3. The van der Waals surface area contributed by atoms with E-state index in [0.717, 1.165) is 16.7 Å². The number of halogens is 4. The molecule has 2 N–H and O–H groups in total. The summed E-state index contributed by atoms with van der Waals surface area (Å²) >= 11 is 2.04. The summed E-state index contributed by atoms with van der Waals surface area (Å²) in [6.45, 7) is 1.36. The number of carbonyl (C=O) groups excluding carboxylic acids is 2. The molecule has 0 aliphatic carbocycles. The molecule has 3 aromatic carbocycles. The smallest absolute Gasteiger partial charge is 0.508 e. The molecule has 11 nitrogen and oxygen atoms in total. The third-order valence-corrected chi connectivity index (χ3v) is 7.71. The number of aromatic nitrogens is 3. The average molecular weight is 680 g/mol. The maximum absolute atomic E-state index is 13.9. The van der Waals surface area contributed by atoms with Crippen LogP contribution in [0.1, 0.15) is 18.1 Å². The summed E-state index contributed by atoms with van der Waals surface area (Å²) in [5, 5.41) is 16.2. The largest absolute Gasteiger partial charge is 0.573 e. The average Bonchev–Trinajstić information content (AvgIpc) is 3.50. The maximum atomic E-state index is 13.9. The van der Waals surface area contributed by atoms with E-state index in [1.54, 1.807) is 18.2 Å². The molecule has 0 saturated carbocycles. The second kappa shape index (κ2) is 9.25. The zero-order valence-corrected chi connectivity index (χ0v) is 22.8. The fraction of sp³-hybridized carbons (Fsp3) is 0.154. The molecule has 0 bridgehead atoms. The van der Waals surface area contributed by atoms with E-state index in [4.69, 9.17) is 9.26 Å². The first kappa shape index (κ1) is 26.7. The predicted octanol–water partition coefficient (Wildman–Crippen LogP) is 4.67. The highest BCUT2D eigenvalue weighted by atomic mass is 127. The van der Waals surface area contributed by atoms with Crippen LogP contribution < -0.4 is 15.7 Å². The van der Waals surface area contributed by atoms with Crippen LogP contribution in [0.4, 0.5) is 18.0 Å². The van der Waals surface area contributed by atoms with E-state index in [0.29, 0.717) is 20.1 Å². The molecule has 210 valence electrons. The van der Waals surface area contributed by atoms with Gasteiger partial charge in [-0.3, -0.25) is 14.7 Å². The van der Waals surface area contributed by atoms with E-state index in [1.807, 2.05) is 22.6 Å². The molecule has 3 heterocycles. The number of imide groups is 1. The molecule has 2 amide bonds. The standard InChI is InChI=1S/C26H16F3IN4O7/c1-25(22(36)31-23(37)40-25)13-2-6-17(30)12(8-13)11-33-18-7-4-15(39-26(27,28)29)10-19(18)34(24(33)38)21-16-5-3-14(35)9-20(16)41-32-21/h2-10,35H,11H2,1H3,(H,31,36,37)/t25-/m0/s1. The Morgan fingerprint density at radius 3 is 2.56 bits per heavy atom. The van der Waals surface area contributed by atoms with Crippen LogP contribution in [0.2, 0.25) is 0 Å². The lowest BCUT2D eigenvalue weighted by molar-refractivity contribution is -0.274. The molecule has 0 unspecified atom stereocenters. The molecule has 0 radical (unpaired) electrons. The molecule has 15 heteroatoms. The number of aromatic hydroxyl groups is 1. The number of alkyl carbamates (subject to hydrolysis) is 1. The van der Waals surface area contributed by atoms with Gasteiger partial charge in [0.2, 0.25) is 5.60 Å². The molecular formula is C26H16F3IN4O7. The molecule has 1 atom stereocenters. The third kappa shape index (κ3) is 4.55. The van der Waals surface area contributed by atoms with Crippen LogP contribution in [0.25, 0.3) is 27.8 Å². The van der Waals surface area contributed by atoms with Crippen molar-refractivity contribution in [1.82, 2.24) is 19.6 Å². The first-order chi connectivity index (χ1) is 19.3. The maximum Gasteiger partial charge on any atom is 0.573 e. The Bertz CT molecular complexity index is 1960. The predicted molar refractivity (Wildman–Crippen MR) is 144 cm³/mol. The lowest BCUT2D eigenvalue weighted by atomic mass is 9.94.